The van der Waals surface area contributed by atoms with Crippen molar-refractivity contribution in [2.45, 2.75) is 39.7 Å². The first-order valence-corrected chi connectivity index (χ1v) is 6.88. The van der Waals surface area contributed by atoms with E-state index in [0.29, 0.717) is 0 Å². The van der Waals surface area contributed by atoms with E-state index in [1.807, 2.05) is 31.8 Å². The summed E-state index contributed by atoms with van der Waals surface area (Å²) >= 11 is 0. The lowest BCUT2D eigenvalue weighted by molar-refractivity contribution is 0.494. The lowest BCUT2D eigenvalue weighted by atomic mass is 10.0. The van der Waals surface area contributed by atoms with Crippen LogP contribution in [0.2, 0.25) is 0 Å². The maximum atomic E-state index is 5.44. The third-order valence-electron chi connectivity index (χ3n) is 3.31. The second-order valence-electron chi connectivity index (χ2n) is 5.10. The van der Waals surface area contributed by atoms with Gasteiger partial charge in [-0.05, 0) is 38.9 Å². The Morgan fingerprint density at radius 1 is 1.37 bits per heavy atom. The Morgan fingerprint density at radius 2 is 2.16 bits per heavy atom. The summed E-state index contributed by atoms with van der Waals surface area (Å²) in [5, 5.41) is 7.99. The topological polar surface area (TPSA) is 43.0 Å². The van der Waals surface area contributed by atoms with Crippen LogP contribution in [0.15, 0.2) is 22.8 Å². The maximum Gasteiger partial charge on any atom is 0.101 e. The van der Waals surface area contributed by atoms with Crippen molar-refractivity contribution in [3.8, 4) is 0 Å². The fourth-order valence-electron chi connectivity index (χ4n) is 2.34. The summed E-state index contributed by atoms with van der Waals surface area (Å²) in [6, 6.07) is 4.54. The molecule has 4 nitrogen and oxygen atoms in total. The number of furan rings is 1. The highest BCUT2D eigenvalue weighted by atomic mass is 16.3. The summed E-state index contributed by atoms with van der Waals surface area (Å²) in [6.07, 6.45) is 3.90. The molecule has 0 aromatic carbocycles. The van der Waals surface area contributed by atoms with Crippen LogP contribution >= 0.6 is 0 Å². The normalized spacial score (nSPS) is 12.8. The minimum absolute atomic E-state index is 0.284. The molecule has 0 amide bonds. The highest BCUT2D eigenvalue weighted by Crippen LogP contribution is 2.21. The molecule has 2 aromatic heterocycles. The van der Waals surface area contributed by atoms with Crippen LogP contribution in [0.5, 0.6) is 0 Å². The van der Waals surface area contributed by atoms with Gasteiger partial charge in [-0.25, -0.2) is 0 Å². The Kier molecular flexibility index (Phi) is 4.43. The highest BCUT2D eigenvalue weighted by Gasteiger charge is 2.16. The van der Waals surface area contributed by atoms with Crippen LogP contribution in [-0.2, 0) is 13.5 Å². The highest BCUT2D eigenvalue weighted by molar-refractivity contribution is 5.20. The van der Waals surface area contributed by atoms with E-state index < -0.39 is 0 Å². The lowest BCUT2D eigenvalue weighted by Gasteiger charge is -2.17. The Hall–Kier alpha value is -1.55. The van der Waals surface area contributed by atoms with Crippen molar-refractivity contribution in [1.29, 1.82) is 0 Å². The Morgan fingerprint density at radius 3 is 2.68 bits per heavy atom. The van der Waals surface area contributed by atoms with Crippen LogP contribution in [0.25, 0.3) is 0 Å². The first-order valence-electron chi connectivity index (χ1n) is 6.88. The Balaban J connectivity index is 2.16. The van der Waals surface area contributed by atoms with Gasteiger partial charge in [-0.3, -0.25) is 4.68 Å². The van der Waals surface area contributed by atoms with Crippen LogP contribution in [-0.4, -0.2) is 16.3 Å². The summed E-state index contributed by atoms with van der Waals surface area (Å²) in [6.45, 7) is 7.19. The fraction of sp³-hybridized carbons (Fsp3) is 0.533. The van der Waals surface area contributed by atoms with Crippen LogP contribution in [0.4, 0.5) is 0 Å². The zero-order chi connectivity index (χ0) is 13.8. The van der Waals surface area contributed by atoms with Gasteiger partial charge in [-0.2, -0.15) is 5.10 Å². The summed E-state index contributed by atoms with van der Waals surface area (Å²) in [4.78, 5) is 0. The van der Waals surface area contributed by atoms with Crippen LogP contribution < -0.4 is 5.32 Å². The summed E-state index contributed by atoms with van der Waals surface area (Å²) in [5.74, 6) is 0.958. The van der Waals surface area contributed by atoms with Gasteiger partial charge in [-0.15, -0.1) is 0 Å². The molecular weight excluding hydrogens is 238 g/mol. The number of aryl methyl sites for hydroxylation is 3. The third-order valence-corrected chi connectivity index (χ3v) is 3.31. The predicted octanol–water partition coefficient (Wildman–Crippen LogP) is 2.91. The zero-order valence-electron chi connectivity index (χ0n) is 12.2. The molecule has 104 valence electrons. The number of hydrogen-bond acceptors (Lipinski definition) is 3. The second kappa shape index (κ2) is 6.06. The molecule has 1 unspecified atom stereocenters. The first kappa shape index (κ1) is 13.9. The van der Waals surface area contributed by atoms with Gasteiger partial charge >= 0.3 is 0 Å². The molecule has 19 heavy (non-hydrogen) atoms. The molecule has 2 rings (SSSR count). The molecule has 0 fully saturated rings. The lowest BCUT2D eigenvalue weighted by Crippen LogP contribution is -2.24. The van der Waals surface area contributed by atoms with Crippen molar-refractivity contribution >= 4 is 0 Å². The second-order valence-corrected chi connectivity index (χ2v) is 5.10. The van der Waals surface area contributed by atoms with Crippen molar-refractivity contribution in [2.75, 3.05) is 6.54 Å². The monoisotopic (exact) mass is 261 g/mol. The molecule has 4 heteroatoms. The van der Waals surface area contributed by atoms with E-state index >= 15 is 0 Å². The number of nitrogens with zero attached hydrogens (tertiary/aromatic N) is 2. The minimum Gasteiger partial charge on any atom is -0.469 e. The number of nitrogens with one attached hydrogen (secondary N) is 1. The summed E-state index contributed by atoms with van der Waals surface area (Å²) in [5.41, 5.74) is 3.52. The van der Waals surface area contributed by atoms with E-state index in [9.17, 15) is 0 Å². The van der Waals surface area contributed by atoms with Crippen LogP contribution in [0, 0.1) is 13.8 Å². The van der Waals surface area contributed by atoms with E-state index in [0.717, 1.165) is 30.8 Å². The van der Waals surface area contributed by atoms with Crippen molar-refractivity contribution in [3.05, 3.63) is 41.1 Å². The van der Waals surface area contributed by atoms with Crippen molar-refractivity contribution in [1.82, 2.24) is 15.1 Å². The number of hydrogen-bond donors (Lipinski definition) is 1. The molecule has 0 aliphatic rings. The molecule has 1 N–H and O–H groups in total. The van der Waals surface area contributed by atoms with Gasteiger partial charge < -0.3 is 9.73 Å². The quantitative estimate of drug-likeness (QED) is 0.869. The third kappa shape index (κ3) is 3.47. The summed E-state index contributed by atoms with van der Waals surface area (Å²) in [7, 11) is 2.00. The van der Waals surface area contributed by atoms with Gasteiger partial charge in [0.2, 0.25) is 0 Å². The van der Waals surface area contributed by atoms with Gasteiger partial charge in [0.05, 0.1) is 12.0 Å². The maximum absolute atomic E-state index is 5.44. The Bertz CT molecular complexity index is 527. The van der Waals surface area contributed by atoms with Crippen molar-refractivity contribution < 1.29 is 4.42 Å². The molecule has 0 bridgehead atoms. The molecular formula is C15H23N3O. The molecule has 0 saturated carbocycles. The largest absolute Gasteiger partial charge is 0.469 e. The van der Waals surface area contributed by atoms with E-state index in [1.54, 1.807) is 0 Å². The van der Waals surface area contributed by atoms with Crippen molar-refractivity contribution in [3.63, 3.8) is 0 Å². The molecule has 2 aromatic rings. The minimum atomic E-state index is 0.284. The fourth-order valence-corrected chi connectivity index (χ4v) is 2.34. The van der Waals surface area contributed by atoms with Gasteiger partial charge in [0, 0.05) is 30.8 Å². The number of aromatic nitrogens is 2. The van der Waals surface area contributed by atoms with E-state index in [2.05, 4.69) is 29.5 Å². The summed E-state index contributed by atoms with van der Waals surface area (Å²) < 4.78 is 7.40. The molecule has 0 aliphatic carbocycles. The Labute approximate surface area is 114 Å². The van der Waals surface area contributed by atoms with E-state index in [1.165, 1.54) is 11.3 Å². The number of rotatable bonds is 6. The van der Waals surface area contributed by atoms with Crippen molar-refractivity contribution in [2.24, 2.45) is 7.05 Å². The standard InChI is InChI=1S/C15H23N3O/c1-5-6-16-15(13-8-12(3)19-10-13)9-14-7-11(2)17-18(14)4/h7-8,10,15-16H,5-6,9H2,1-4H3. The average Bonchev–Trinajstić information content (AvgIpc) is 2.91. The predicted molar refractivity (Wildman–Crippen MR) is 76.1 cm³/mol. The average molecular weight is 261 g/mol. The van der Waals surface area contributed by atoms with Gasteiger partial charge in [0.25, 0.3) is 0 Å². The van der Waals surface area contributed by atoms with E-state index in [-0.39, 0.29) is 6.04 Å². The SMILES string of the molecule is CCCNC(Cc1cc(C)nn1C)c1coc(C)c1. The van der Waals surface area contributed by atoms with Gasteiger partial charge in [0.15, 0.2) is 0 Å². The van der Waals surface area contributed by atoms with E-state index in [4.69, 9.17) is 4.42 Å². The molecule has 0 spiro atoms. The smallest absolute Gasteiger partial charge is 0.101 e. The van der Waals surface area contributed by atoms with Gasteiger partial charge in [-0.1, -0.05) is 6.92 Å². The van der Waals surface area contributed by atoms with Crippen LogP contribution in [0.3, 0.4) is 0 Å². The molecule has 1 atom stereocenters. The molecule has 0 radical (unpaired) electrons. The molecule has 0 aliphatic heterocycles. The van der Waals surface area contributed by atoms with Gasteiger partial charge in [0.1, 0.15) is 5.76 Å². The first-order chi connectivity index (χ1) is 9.10. The molecule has 0 saturated heterocycles. The molecule has 2 heterocycles. The zero-order valence-corrected chi connectivity index (χ0v) is 12.2. The van der Waals surface area contributed by atoms with Crippen LogP contribution in [0.1, 0.15) is 42.1 Å².